The van der Waals surface area contributed by atoms with Crippen LogP contribution in [0, 0.1) is 5.92 Å². The quantitative estimate of drug-likeness (QED) is 0.866. The smallest absolute Gasteiger partial charge is 0.320 e. The van der Waals surface area contributed by atoms with E-state index in [2.05, 4.69) is 23.6 Å². The molecule has 0 aromatic rings. The van der Waals surface area contributed by atoms with E-state index in [9.17, 15) is 4.79 Å². The van der Waals surface area contributed by atoms with E-state index in [-0.39, 0.29) is 11.6 Å². The first-order chi connectivity index (χ1) is 10.1. The molecule has 4 nitrogen and oxygen atoms in total. The minimum atomic E-state index is -0.0774. The molecule has 122 valence electrons. The summed E-state index contributed by atoms with van der Waals surface area (Å²) >= 11 is 0. The Balaban J connectivity index is 2.14. The van der Waals surface area contributed by atoms with Gasteiger partial charge in [0, 0.05) is 26.2 Å². The number of piperidine rings is 1. The predicted molar refractivity (Wildman–Crippen MR) is 87.2 cm³/mol. The molecule has 0 aromatic heterocycles. The van der Waals surface area contributed by atoms with E-state index in [0.29, 0.717) is 12.5 Å². The van der Waals surface area contributed by atoms with Gasteiger partial charge in [-0.15, -0.1) is 0 Å². The van der Waals surface area contributed by atoms with Gasteiger partial charge in [0.1, 0.15) is 0 Å². The highest BCUT2D eigenvalue weighted by molar-refractivity contribution is 5.75. The third-order valence-corrected chi connectivity index (χ3v) is 5.34. The first kappa shape index (κ1) is 16.6. The molecular formula is C17H33N3O. The predicted octanol–water partition coefficient (Wildman–Crippen LogP) is 3.21. The number of likely N-dealkylation sites (tertiary alicyclic amines) is 1. The zero-order valence-corrected chi connectivity index (χ0v) is 13.9. The fourth-order valence-electron chi connectivity index (χ4n) is 4.09. The molecule has 1 aliphatic carbocycles. The molecule has 2 aliphatic rings. The lowest BCUT2D eigenvalue weighted by atomic mass is 9.80. The number of nitrogens with two attached hydrogens (primary N) is 1. The van der Waals surface area contributed by atoms with Gasteiger partial charge in [-0.2, -0.15) is 0 Å². The van der Waals surface area contributed by atoms with Crippen LogP contribution in [-0.2, 0) is 0 Å². The molecule has 0 radical (unpaired) electrons. The summed E-state index contributed by atoms with van der Waals surface area (Å²) in [4.78, 5) is 17.3. The highest BCUT2D eigenvalue weighted by Crippen LogP contribution is 2.34. The van der Waals surface area contributed by atoms with Crippen LogP contribution in [0.25, 0.3) is 0 Å². The van der Waals surface area contributed by atoms with Gasteiger partial charge in [-0.3, -0.25) is 0 Å². The second kappa shape index (κ2) is 7.48. The fraction of sp³-hybridized carbons (Fsp3) is 0.941. The molecule has 4 heteroatoms. The maximum atomic E-state index is 13.1. The number of hydrogen-bond donors (Lipinski definition) is 1. The summed E-state index contributed by atoms with van der Waals surface area (Å²) in [6.07, 6.45) is 9.27. The first-order valence-corrected chi connectivity index (χ1v) is 8.89. The Kier molecular flexibility index (Phi) is 5.91. The molecular weight excluding hydrogens is 262 g/mol. The molecule has 0 bridgehead atoms. The van der Waals surface area contributed by atoms with Crippen molar-refractivity contribution in [3.63, 3.8) is 0 Å². The molecule has 1 unspecified atom stereocenters. The van der Waals surface area contributed by atoms with Gasteiger partial charge >= 0.3 is 6.03 Å². The van der Waals surface area contributed by atoms with Crippen molar-refractivity contribution in [3.05, 3.63) is 0 Å². The first-order valence-electron chi connectivity index (χ1n) is 8.89. The zero-order chi connectivity index (χ0) is 15.3. The van der Waals surface area contributed by atoms with Gasteiger partial charge < -0.3 is 15.5 Å². The topological polar surface area (TPSA) is 49.6 Å². The van der Waals surface area contributed by atoms with Crippen LogP contribution in [0.3, 0.4) is 0 Å². The summed E-state index contributed by atoms with van der Waals surface area (Å²) in [5.74, 6) is 0.631. The molecule has 0 spiro atoms. The number of urea groups is 1. The normalized spacial score (nSPS) is 25.7. The summed E-state index contributed by atoms with van der Waals surface area (Å²) in [6.45, 7) is 7.71. The molecule has 2 rings (SSSR count). The highest BCUT2D eigenvalue weighted by atomic mass is 16.2. The summed E-state index contributed by atoms with van der Waals surface area (Å²) in [5, 5.41) is 0. The summed E-state index contributed by atoms with van der Waals surface area (Å²) in [6, 6.07) is 0.246. The van der Waals surface area contributed by atoms with Gasteiger partial charge in [0.2, 0.25) is 0 Å². The second-order valence-corrected chi connectivity index (χ2v) is 7.12. The number of nitrogens with zero attached hydrogens (tertiary/aromatic N) is 2. The molecule has 2 fully saturated rings. The lowest BCUT2D eigenvalue weighted by Crippen LogP contribution is -2.61. The van der Waals surface area contributed by atoms with Crippen LogP contribution in [0.5, 0.6) is 0 Å². The molecule has 1 heterocycles. The molecule has 2 amide bonds. The summed E-state index contributed by atoms with van der Waals surface area (Å²) in [7, 11) is 0. The fourth-order valence-corrected chi connectivity index (χ4v) is 4.09. The standard InChI is InChI=1S/C17H33N3O/c1-3-11-20(17(14-18)9-5-4-6-10-17)16(21)19-12-7-8-15(2)13-19/h15H,3-14,18H2,1-2H3. The van der Waals surface area contributed by atoms with E-state index in [0.717, 1.165) is 45.3 Å². The molecule has 21 heavy (non-hydrogen) atoms. The van der Waals surface area contributed by atoms with Crippen molar-refractivity contribution in [2.24, 2.45) is 11.7 Å². The third kappa shape index (κ3) is 3.71. The average Bonchev–Trinajstić information content (AvgIpc) is 2.52. The minimum absolute atomic E-state index is 0.0774. The summed E-state index contributed by atoms with van der Waals surface area (Å²) in [5.41, 5.74) is 6.07. The van der Waals surface area contributed by atoms with Crippen LogP contribution in [0.4, 0.5) is 4.79 Å². The number of hydrogen-bond acceptors (Lipinski definition) is 2. The van der Waals surface area contributed by atoms with Crippen molar-refractivity contribution in [2.45, 2.75) is 70.8 Å². The Bertz CT molecular complexity index is 339. The van der Waals surface area contributed by atoms with Gasteiger partial charge in [-0.05, 0) is 38.0 Å². The van der Waals surface area contributed by atoms with Crippen molar-refractivity contribution in [3.8, 4) is 0 Å². The van der Waals surface area contributed by atoms with Gasteiger partial charge in [0.25, 0.3) is 0 Å². The Labute approximate surface area is 130 Å². The number of amides is 2. The lowest BCUT2D eigenvalue weighted by molar-refractivity contribution is 0.0541. The van der Waals surface area contributed by atoms with Crippen LogP contribution >= 0.6 is 0 Å². The lowest BCUT2D eigenvalue weighted by Gasteiger charge is -2.48. The van der Waals surface area contributed by atoms with Gasteiger partial charge in [0.15, 0.2) is 0 Å². The van der Waals surface area contributed by atoms with E-state index < -0.39 is 0 Å². The highest BCUT2D eigenvalue weighted by Gasteiger charge is 2.41. The molecule has 2 N–H and O–H groups in total. The largest absolute Gasteiger partial charge is 0.328 e. The molecule has 0 aromatic carbocycles. The molecule has 1 atom stereocenters. The van der Waals surface area contributed by atoms with E-state index >= 15 is 0 Å². The SMILES string of the molecule is CCCN(C(=O)N1CCCC(C)C1)C1(CN)CCCCC1. The maximum absolute atomic E-state index is 13.1. The van der Waals surface area contributed by atoms with Crippen molar-refractivity contribution < 1.29 is 4.79 Å². The van der Waals surface area contributed by atoms with Crippen LogP contribution in [0.15, 0.2) is 0 Å². The van der Waals surface area contributed by atoms with E-state index in [1.165, 1.54) is 25.7 Å². The van der Waals surface area contributed by atoms with Crippen molar-refractivity contribution >= 4 is 6.03 Å². The maximum Gasteiger partial charge on any atom is 0.320 e. The van der Waals surface area contributed by atoms with Crippen molar-refractivity contribution in [1.29, 1.82) is 0 Å². The Morgan fingerprint density at radius 2 is 2.00 bits per heavy atom. The van der Waals surface area contributed by atoms with Crippen LogP contribution in [0.1, 0.15) is 65.2 Å². The monoisotopic (exact) mass is 295 g/mol. The number of rotatable bonds is 4. The molecule has 1 saturated heterocycles. The zero-order valence-electron chi connectivity index (χ0n) is 13.9. The van der Waals surface area contributed by atoms with E-state index in [4.69, 9.17) is 5.73 Å². The van der Waals surface area contributed by atoms with Crippen LogP contribution in [0.2, 0.25) is 0 Å². The van der Waals surface area contributed by atoms with Gasteiger partial charge in [-0.1, -0.05) is 33.1 Å². The summed E-state index contributed by atoms with van der Waals surface area (Å²) < 4.78 is 0. The molecule has 1 aliphatic heterocycles. The minimum Gasteiger partial charge on any atom is -0.328 e. The Hall–Kier alpha value is -0.770. The number of carbonyl (C=O) groups excluding carboxylic acids is 1. The molecule has 1 saturated carbocycles. The van der Waals surface area contributed by atoms with Crippen LogP contribution in [-0.4, -0.2) is 47.5 Å². The van der Waals surface area contributed by atoms with E-state index in [1.54, 1.807) is 0 Å². The Morgan fingerprint density at radius 1 is 1.29 bits per heavy atom. The second-order valence-electron chi connectivity index (χ2n) is 7.12. The van der Waals surface area contributed by atoms with Crippen LogP contribution < -0.4 is 5.73 Å². The van der Waals surface area contributed by atoms with Gasteiger partial charge in [-0.25, -0.2) is 4.79 Å². The Morgan fingerprint density at radius 3 is 2.57 bits per heavy atom. The number of carbonyl (C=O) groups is 1. The van der Waals surface area contributed by atoms with Crippen molar-refractivity contribution in [1.82, 2.24) is 9.80 Å². The van der Waals surface area contributed by atoms with Crippen molar-refractivity contribution in [2.75, 3.05) is 26.2 Å². The third-order valence-electron chi connectivity index (χ3n) is 5.34. The van der Waals surface area contributed by atoms with E-state index in [1.807, 2.05) is 0 Å². The van der Waals surface area contributed by atoms with Gasteiger partial charge in [0.05, 0.1) is 5.54 Å². The average molecular weight is 295 g/mol.